The van der Waals surface area contributed by atoms with Crippen molar-refractivity contribution in [3.05, 3.63) is 60.2 Å². The van der Waals surface area contributed by atoms with E-state index >= 15 is 0 Å². The number of rotatable bonds is 12. The van der Waals surface area contributed by atoms with Crippen molar-refractivity contribution < 1.29 is 19.4 Å². The average Bonchev–Trinajstić information content (AvgIpc) is 2.75. The molecule has 0 aliphatic heterocycles. The van der Waals surface area contributed by atoms with Crippen LogP contribution in [0.2, 0.25) is 0 Å². The van der Waals surface area contributed by atoms with Gasteiger partial charge in [0.2, 0.25) is 0 Å². The van der Waals surface area contributed by atoms with Crippen LogP contribution in [-0.4, -0.2) is 30.9 Å². The van der Waals surface area contributed by atoms with Crippen LogP contribution in [0.25, 0.3) is 6.08 Å². The van der Waals surface area contributed by atoms with Gasteiger partial charge >= 0.3 is 5.97 Å². The van der Waals surface area contributed by atoms with Crippen molar-refractivity contribution in [2.45, 2.75) is 32.6 Å². The molecular weight excluding hydrogens is 368 g/mol. The van der Waals surface area contributed by atoms with E-state index in [0.717, 1.165) is 48.4 Å². The second kappa shape index (κ2) is 13.2. The van der Waals surface area contributed by atoms with E-state index in [1.54, 1.807) is 13.0 Å². The van der Waals surface area contributed by atoms with Gasteiger partial charge in [-0.1, -0.05) is 18.6 Å². The Morgan fingerprint density at radius 3 is 2.17 bits per heavy atom. The number of hydrogen-bond acceptors (Lipinski definition) is 6. The Hall–Kier alpha value is -2.99. The minimum Gasteiger partial charge on any atom is -0.494 e. The van der Waals surface area contributed by atoms with Gasteiger partial charge in [0.1, 0.15) is 5.75 Å². The minimum atomic E-state index is -0.356. The molecule has 0 bridgehead atoms. The van der Waals surface area contributed by atoms with Crippen LogP contribution in [-0.2, 0) is 9.53 Å². The number of carbonyl (C=O) groups excluding carboxylic acids is 1. The first kappa shape index (κ1) is 22.3. The zero-order valence-corrected chi connectivity index (χ0v) is 16.8. The summed E-state index contributed by atoms with van der Waals surface area (Å²) in [5.41, 5.74) is 2.35. The maximum absolute atomic E-state index is 11.3. The summed E-state index contributed by atoms with van der Waals surface area (Å²) in [6.45, 7) is 3.06. The Kier molecular flexibility index (Phi) is 10.2. The third-order valence-electron chi connectivity index (χ3n) is 4.03. The molecule has 0 spiro atoms. The first-order valence-electron chi connectivity index (χ1n) is 9.91. The van der Waals surface area contributed by atoms with Crippen LogP contribution in [0.1, 0.15) is 38.2 Å². The summed E-state index contributed by atoms with van der Waals surface area (Å²) in [7, 11) is 0. The van der Waals surface area contributed by atoms with E-state index in [-0.39, 0.29) is 12.6 Å². The van der Waals surface area contributed by atoms with Crippen molar-refractivity contribution >= 4 is 23.4 Å². The first-order valence-corrected chi connectivity index (χ1v) is 9.91. The molecule has 0 unspecified atom stereocenters. The highest BCUT2D eigenvalue weighted by atomic mass is 16.5. The molecule has 1 N–H and O–H groups in total. The Bertz CT molecular complexity index is 784. The predicted octanol–water partition coefficient (Wildman–Crippen LogP) is 5.61. The topological polar surface area (TPSA) is 80.5 Å². The molecule has 0 atom stereocenters. The summed E-state index contributed by atoms with van der Waals surface area (Å²) in [6.07, 6.45) is 7.02. The van der Waals surface area contributed by atoms with Gasteiger partial charge in [-0.05, 0) is 74.2 Å². The number of ether oxygens (including phenoxy) is 2. The minimum absolute atomic E-state index is 0.257. The fourth-order valence-corrected chi connectivity index (χ4v) is 2.49. The van der Waals surface area contributed by atoms with Gasteiger partial charge in [-0.3, -0.25) is 0 Å². The maximum Gasteiger partial charge on any atom is 0.330 e. The van der Waals surface area contributed by atoms with E-state index in [0.29, 0.717) is 13.2 Å². The van der Waals surface area contributed by atoms with Crippen molar-refractivity contribution in [1.29, 1.82) is 0 Å². The number of aliphatic hydroxyl groups excluding tert-OH is 1. The summed E-state index contributed by atoms with van der Waals surface area (Å²) < 4.78 is 10.5. The van der Waals surface area contributed by atoms with Gasteiger partial charge in [-0.25, -0.2) is 4.79 Å². The quantitative estimate of drug-likeness (QED) is 0.219. The molecule has 0 fully saturated rings. The second-order valence-electron chi connectivity index (χ2n) is 6.36. The molecule has 2 aromatic rings. The number of hydrogen-bond donors (Lipinski definition) is 1. The van der Waals surface area contributed by atoms with Gasteiger partial charge < -0.3 is 14.6 Å². The van der Waals surface area contributed by atoms with Crippen molar-refractivity contribution in [2.24, 2.45) is 10.2 Å². The van der Waals surface area contributed by atoms with Gasteiger partial charge in [-0.2, -0.15) is 10.2 Å². The third-order valence-corrected chi connectivity index (χ3v) is 4.03. The van der Waals surface area contributed by atoms with Crippen LogP contribution in [0.4, 0.5) is 11.4 Å². The van der Waals surface area contributed by atoms with E-state index in [1.165, 1.54) is 6.08 Å². The predicted molar refractivity (Wildman–Crippen MR) is 114 cm³/mol. The molecule has 0 aliphatic rings. The SMILES string of the molecule is CCOC(=O)/C=C/c1ccc(N=Nc2ccc(OCCCCCCO)cc2)cc1. The number of nitrogens with zero attached hydrogens (tertiary/aromatic N) is 2. The standard InChI is InChI=1S/C23H28N2O4/c1-2-28-23(27)16-9-19-7-10-20(11-8-19)24-25-21-12-14-22(15-13-21)29-18-6-4-3-5-17-26/h7-16,26H,2-6,17-18H2,1H3/b16-9+,25-24?. The Balaban J connectivity index is 1.79. The maximum atomic E-state index is 11.3. The number of carbonyl (C=O) groups is 1. The molecule has 0 radical (unpaired) electrons. The summed E-state index contributed by atoms with van der Waals surface area (Å²) in [5.74, 6) is 0.453. The summed E-state index contributed by atoms with van der Waals surface area (Å²) in [4.78, 5) is 11.3. The molecular formula is C23H28N2O4. The highest BCUT2D eigenvalue weighted by molar-refractivity contribution is 5.87. The van der Waals surface area contributed by atoms with E-state index in [4.69, 9.17) is 14.6 Å². The molecule has 6 nitrogen and oxygen atoms in total. The van der Waals surface area contributed by atoms with Gasteiger partial charge in [-0.15, -0.1) is 0 Å². The number of esters is 1. The lowest BCUT2D eigenvalue weighted by molar-refractivity contribution is -0.137. The van der Waals surface area contributed by atoms with Crippen LogP contribution in [0.15, 0.2) is 64.8 Å². The zero-order chi connectivity index (χ0) is 20.7. The first-order chi connectivity index (χ1) is 14.2. The Morgan fingerprint density at radius 2 is 1.55 bits per heavy atom. The van der Waals surface area contributed by atoms with Gasteiger partial charge in [0.05, 0.1) is 24.6 Å². The van der Waals surface area contributed by atoms with E-state index in [1.807, 2.05) is 48.5 Å². The lowest BCUT2D eigenvalue weighted by atomic mass is 10.2. The van der Waals surface area contributed by atoms with Crippen molar-refractivity contribution in [1.82, 2.24) is 0 Å². The monoisotopic (exact) mass is 396 g/mol. The number of unbranched alkanes of at least 4 members (excludes halogenated alkanes) is 3. The fourth-order valence-electron chi connectivity index (χ4n) is 2.49. The number of benzene rings is 2. The third kappa shape index (κ3) is 9.17. The smallest absolute Gasteiger partial charge is 0.330 e. The molecule has 2 rings (SSSR count). The van der Waals surface area contributed by atoms with Gasteiger partial charge in [0.15, 0.2) is 0 Å². The fraction of sp³-hybridized carbons (Fsp3) is 0.348. The number of azo groups is 1. The van der Waals surface area contributed by atoms with E-state index in [2.05, 4.69) is 10.2 Å². The van der Waals surface area contributed by atoms with Crippen LogP contribution in [0.5, 0.6) is 5.75 Å². The van der Waals surface area contributed by atoms with Crippen molar-refractivity contribution in [3.63, 3.8) is 0 Å². The summed E-state index contributed by atoms with van der Waals surface area (Å²) >= 11 is 0. The van der Waals surface area contributed by atoms with Gasteiger partial charge in [0, 0.05) is 12.7 Å². The molecule has 0 saturated carbocycles. The molecule has 0 heterocycles. The van der Waals surface area contributed by atoms with Crippen LogP contribution < -0.4 is 4.74 Å². The van der Waals surface area contributed by atoms with E-state index < -0.39 is 0 Å². The molecule has 6 heteroatoms. The van der Waals surface area contributed by atoms with Crippen molar-refractivity contribution in [2.75, 3.05) is 19.8 Å². The lowest BCUT2D eigenvalue weighted by Gasteiger charge is -2.05. The van der Waals surface area contributed by atoms with Gasteiger partial charge in [0.25, 0.3) is 0 Å². The Morgan fingerprint density at radius 1 is 0.931 bits per heavy atom. The molecule has 2 aromatic carbocycles. The van der Waals surface area contributed by atoms with Crippen LogP contribution >= 0.6 is 0 Å². The molecule has 0 saturated heterocycles. The average molecular weight is 396 g/mol. The van der Waals surface area contributed by atoms with Crippen LogP contribution in [0.3, 0.4) is 0 Å². The number of aliphatic hydroxyl groups is 1. The lowest BCUT2D eigenvalue weighted by Crippen LogP contribution is -1.98. The summed E-state index contributed by atoms with van der Waals surface area (Å²) in [5, 5.41) is 17.2. The Labute approximate surface area is 171 Å². The van der Waals surface area contributed by atoms with Crippen molar-refractivity contribution in [3.8, 4) is 5.75 Å². The van der Waals surface area contributed by atoms with E-state index in [9.17, 15) is 4.79 Å². The zero-order valence-electron chi connectivity index (χ0n) is 16.8. The molecule has 0 aliphatic carbocycles. The molecule has 29 heavy (non-hydrogen) atoms. The highest BCUT2D eigenvalue weighted by Gasteiger charge is 1.97. The normalized spacial score (nSPS) is 11.2. The second-order valence-corrected chi connectivity index (χ2v) is 6.36. The molecule has 0 amide bonds. The summed E-state index contributed by atoms with van der Waals surface area (Å²) in [6, 6.07) is 14.9. The molecule has 154 valence electrons. The molecule has 0 aromatic heterocycles. The largest absolute Gasteiger partial charge is 0.494 e. The van der Waals surface area contributed by atoms with Crippen LogP contribution in [0, 0.1) is 0 Å². The highest BCUT2D eigenvalue weighted by Crippen LogP contribution is 2.22.